The number of nitrogens with one attached hydrogen (secondary N) is 1. The van der Waals surface area contributed by atoms with Crippen LogP contribution in [0.1, 0.15) is 35.5 Å². The molecule has 2 rings (SSSR count). The first kappa shape index (κ1) is 23.3. The largest absolute Gasteiger partial charge is 0.374 e. The third kappa shape index (κ3) is 5.33. The lowest BCUT2D eigenvalue weighted by Crippen LogP contribution is -2.46. The highest BCUT2D eigenvalue weighted by atomic mass is 19.3. The second-order valence-electron chi connectivity index (χ2n) is 7.00. The monoisotopic (exact) mass is 421 g/mol. The summed E-state index contributed by atoms with van der Waals surface area (Å²) in [4.78, 5) is 16.2. The van der Waals surface area contributed by atoms with Gasteiger partial charge >= 0.3 is 0 Å². The van der Waals surface area contributed by atoms with Crippen LogP contribution in [0.15, 0.2) is 36.5 Å². The van der Waals surface area contributed by atoms with Crippen LogP contribution in [0.3, 0.4) is 0 Å². The van der Waals surface area contributed by atoms with Gasteiger partial charge in [-0.3, -0.25) is 4.79 Å². The molecule has 0 spiro atoms. The fourth-order valence-electron chi connectivity index (χ4n) is 2.50. The maximum absolute atomic E-state index is 14.5. The minimum atomic E-state index is -2.97. The average molecular weight is 421 g/mol. The van der Waals surface area contributed by atoms with Gasteiger partial charge in [0.05, 0.1) is 29.9 Å². The van der Waals surface area contributed by atoms with Crippen molar-refractivity contribution in [3.05, 3.63) is 59.2 Å². The van der Waals surface area contributed by atoms with Crippen LogP contribution in [0.5, 0.6) is 0 Å². The van der Waals surface area contributed by atoms with Crippen molar-refractivity contribution in [3.63, 3.8) is 0 Å². The van der Waals surface area contributed by atoms with E-state index < -0.39 is 42.4 Å². The van der Waals surface area contributed by atoms with Gasteiger partial charge in [0.2, 0.25) is 6.43 Å². The van der Waals surface area contributed by atoms with Gasteiger partial charge in [0.15, 0.2) is 0 Å². The van der Waals surface area contributed by atoms with Crippen molar-refractivity contribution in [2.24, 2.45) is 11.5 Å². The molecule has 1 aromatic heterocycles. The fraction of sp³-hybridized carbons (Fsp3) is 0.350. The Morgan fingerprint density at radius 1 is 1.33 bits per heavy atom. The molecule has 0 saturated heterocycles. The maximum Gasteiger partial charge on any atom is 0.274 e. The Hall–Kier alpha value is -3.00. The molecule has 1 aromatic carbocycles. The van der Waals surface area contributed by atoms with Crippen LogP contribution >= 0.6 is 0 Å². The van der Waals surface area contributed by atoms with Gasteiger partial charge in [0.1, 0.15) is 17.6 Å². The third-order valence-electron chi connectivity index (χ3n) is 4.63. The van der Waals surface area contributed by atoms with Crippen LogP contribution in [0.25, 0.3) is 0 Å². The third-order valence-corrected chi connectivity index (χ3v) is 4.63. The second kappa shape index (κ2) is 9.67. The van der Waals surface area contributed by atoms with Crippen molar-refractivity contribution in [2.75, 3.05) is 11.9 Å². The highest BCUT2D eigenvalue weighted by Crippen LogP contribution is 2.35. The first-order valence-electron chi connectivity index (χ1n) is 8.97. The van der Waals surface area contributed by atoms with Crippen molar-refractivity contribution < 1.29 is 22.7 Å². The zero-order valence-electron chi connectivity index (χ0n) is 16.4. The molecule has 2 aromatic rings. The maximum atomic E-state index is 14.5. The van der Waals surface area contributed by atoms with Gasteiger partial charge in [-0.15, -0.1) is 0 Å². The second-order valence-corrected chi connectivity index (χ2v) is 7.00. The molecule has 0 aliphatic rings. The molecule has 0 fully saturated rings. The van der Waals surface area contributed by atoms with Crippen LogP contribution in [-0.2, 0) is 10.2 Å². The molecule has 0 aliphatic heterocycles. The van der Waals surface area contributed by atoms with Crippen LogP contribution in [0.2, 0.25) is 0 Å². The summed E-state index contributed by atoms with van der Waals surface area (Å²) < 4.78 is 47.6. The van der Waals surface area contributed by atoms with Gasteiger partial charge in [-0.25, -0.2) is 18.2 Å². The number of nitrogens with two attached hydrogens (primary N) is 2. The number of ether oxygens (including phenoxy) is 1. The lowest BCUT2D eigenvalue weighted by atomic mass is 9.83. The van der Waals surface area contributed by atoms with E-state index in [1.807, 2.05) is 6.07 Å². The van der Waals surface area contributed by atoms with E-state index in [2.05, 4.69) is 10.3 Å². The van der Waals surface area contributed by atoms with Gasteiger partial charge in [-0.1, -0.05) is 0 Å². The van der Waals surface area contributed by atoms with Gasteiger partial charge in [-0.05, 0) is 44.2 Å². The molecule has 0 radical (unpaired) electrons. The minimum Gasteiger partial charge on any atom is -0.374 e. The van der Waals surface area contributed by atoms with E-state index in [0.29, 0.717) is 0 Å². The van der Waals surface area contributed by atoms with E-state index in [-0.39, 0.29) is 22.5 Å². The van der Waals surface area contributed by atoms with E-state index in [1.165, 1.54) is 31.3 Å². The predicted octanol–water partition coefficient (Wildman–Crippen LogP) is 2.52. The molecule has 0 saturated carbocycles. The number of halogens is 3. The number of benzene rings is 1. The molecule has 7 nitrogen and oxygen atoms in total. The molecule has 1 heterocycles. The Morgan fingerprint density at radius 3 is 2.57 bits per heavy atom. The lowest BCUT2D eigenvalue weighted by molar-refractivity contribution is -0.0390. The van der Waals surface area contributed by atoms with Crippen LogP contribution < -0.4 is 16.8 Å². The van der Waals surface area contributed by atoms with Gasteiger partial charge < -0.3 is 21.5 Å². The Balaban J connectivity index is 2.28. The number of pyridine rings is 1. The Kier molecular flexibility index (Phi) is 7.50. The Bertz CT molecular complexity index is 931. The van der Waals surface area contributed by atoms with Crippen molar-refractivity contribution in [1.82, 2.24) is 4.98 Å². The van der Waals surface area contributed by atoms with E-state index >= 15 is 0 Å². The fourth-order valence-corrected chi connectivity index (χ4v) is 2.50. The standard InChI is InChI=1S/C20H22F3N5O2/c1-11(17(25)26)30-10-20(2,19(22)23)14-7-13(4-5-15(14)21)28-18(29)16-6-3-12(8-24)9-27-16/h3-7,9,11,17,19H,10,25-26H2,1-2H3,(H,28,29)/t11-,20-/m1/s1. The number of alkyl halides is 2. The molecular weight excluding hydrogens is 399 g/mol. The van der Waals surface area contributed by atoms with Crippen molar-refractivity contribution >= 4 is 11.6 Å². The predicted molar refractivity (Wildman–Crippen MR) is 104 cm³/mol. The summed E-state index contributed by atoms with van der Waals surface area (Å²) >= 11 is 0. The van der Waals surface area contributed by atoms with Crippen LogP contribution in [0.4, 0.5) is 18.9 Å². The van der Waals surface area contributed by atoms with E-state index in [4.69, 9.17) is 21.5 Å². The highest BCUT2D eigenvalue weighted by Gasteiger charge is 2.40. The molecular formula is C20H22F3N5O2. The van der Waals surface area contributed by atoms with Gasteiger partial charge in [0.25, 0.3) is 5.91 Å². The molecule has 0 aliphatic carbocycles. The van der Waals surface area contributed by atoms with E-state index in [9.17, 15) is 18.0 Å². The summed E-state index contributed by atoms with van der Waals surface area (Å²) in [5.74, 6) is -1.52. The SMILES string of the molecule is C[C@@H](OC[C@](C)(c1cc(NC(=O)c2ccc(C#N)cn2)ccc1F)C(F)F)C(N)N. The number of anilines is 1. The first-order chi connectivity index (χ1) is 14.1. The number of nitriles is 1. The number of rotatable bonds is 8. The van der Waals surface area contributed by atoms with Crippen molar-refractivity contribution in [1.29, 1.82) is 5.26 Å². The van der Waals surface area contributed by atoms with E-state index in [0.717, 1.165) is 19.1 Å². The smallest absolute Gasteiger partial charge is 0.274 e. The summed E-state index contributed by atoms with van der Waals surface area (Å²) in [5, 5.41) is 11.3. The summed E-state index contributed by atoms with van der Waals surface area (Å²) in [5.41, 5.74) is 8.99. The molecule has 5 N–H and O–H groups in total. The quantitative estimate of drug-likeness (QED) is 0.562. The number of hydrogen-bond acceptors (Lipinski definition) is 6. The average Bonchev–Trinajstić information content (AvgIpc) is 2.72. The Morgan fingerprint density at radius 2 is 2.03 bits per heavy atom. The summed E-state index contributed by atoms with van der Waals surface area (Å²) in [6, 6.07) is 7.97. The van der Waals surface area contributed by atoms with Crippen LogP contribution in [0, 0.1) is 17.1 Å². The normalized spacial score (nSPS) is 14.3. The molecule has 1 amide bonds. The minimum absolute atomic E-state index is 0.00517. The zero-order chi connectivity index (χ0) is 22.5. The number of carbonyl (C=O) groups excluding carboxylic acids is 1. The van der Waals surface area contributed by atoms with Crippen molar-refractivity contribution in [2.45, 2.75) is 38.0 Å². The van der Waals surface area contributed by atoms with Crippen LogP contribution in [-0.4, -0.2) is 36.2 Å². The van der Waals surface area contributed by atoms with E-state index in [1.54, 1.807) is 0 Å². The Labute approximate surface area is 171 Å². The molecule has 10 heteroatoms. The number of aromatic nitrogens is 1. The number of hydrogen-bond donors (Lipinski definition) is 3. The molecule has 0 bridgehead atoms. The number of carbonyl (C=O) groups is 1. The molecule has 0 unspecified atom stereocenters. The molecule has 2 atom stereocenters. The topological polar surface area (TPSA) is 127 Å². The van der Waals surface area contributed by atoms with Gasteiger partial charge in [-0.2, -0.15) is 5.26 Å². The van der Waals surface area contributed by atoms with Gasteiger partial charge in [0, 0.05) is 17.4 Å². The molecule has 160 valence electrons. The zero-order valence-corrected chi connectivity index (χ0v) is 16.4. The summed E-state index contributed by atoms with van der Waals surface area (Å²) in [6.45, 7) is 2.13. The highest BCUT2D eigenvalue weighted by molar-refractivity contribution is 6.02. The summed E-state index contributed by atoms with van der Waals surface area (Å²) in [7, 11) is 0. The first-order valence-corrected chi connectivity index (χ1v) is 8.97. The lowest BCUT2D eigenvalue weighted by Gasteiger charge is -2.31. The number of nitrogens with zero attached hydrogens (tertiary/aromatic N) is 2. The summed E-state index contributed by atoms with van der Waals surface area (Å²) in [6.07, 6.45) is -3.36. The van der Waals surface area contributed by atoms with Crippen molar-refractivity contribution in [3.8, 4) is 6.07 Å². The molecule has 30 heavy (non-hydrogen) atoms. The number of amides is 1.